The second-order valence-corrected chi connectivity index (χ2v) is 4.30. The highest BCUT2D eigenvalue weighted by atomic mass is 16.6. The van der Waals surface area contributed by atoms with E-state index >= 15 is 0 Å². The number of hydrogen-bond acceptors (Lipinski definition) is 4. The van der Waals surface area contributed by atoms with Gasteiger partial charge in [-0.25, -0.2) is 0 Å². The van der Waals surface area contributed by atoms with E-state index < -0.39 is 0 Å². The third-order valence-electron chi connectivity index (χ3n) is 3.05. The van der Waals surface area contributed by atoms with Crippen molar-refractivity contribution in [1.29, 1.82) is 0 Å². The molecule has 1 aromatic rings. The molecule has 2 rings (SSSR count). The van der Waals surface area contributed by atoms with Crippen LogP contribution in [0.25, 0.3) is 0 Å². The van der Waals surface area contributed by atoms with Gasteiger partial charge in [-0.3, -0.25) is 10.1 Å². The second-order valence-electron chi connectivity index (χ2n) is 4.30. The lowest BCUT2D eigenvalue weighted by atomic mass is 10.1. The quantitative estimate of drug-likeness (QED) is 0.620. The van der Waals surface area contributed by atoms with Crippen molar-refractivity contribution in [3.05, 3.63) is 34.4 Å². The lowest BCUT2D eigenvalue weighted by molar-refractivity contribution is -0.384. The maximum absolute atomic E-state index is 10.8. The first-order valence-electron chi connectivity index (χ1n) is 5.98. The molecule has 1 aliphatic heterocycles. The zero-order chi connectivity index (χ0) is 12.1. The molecular formula is C12H17N3O2. The fraction of sp³-hybridized carbons (Fsp3) is 0.500. The molecular weight excluding hydrogens is 218 g/mol. The molecule has 92 valence electrons. The number of nitro groups is 1. The van der Waals surface area contributed by atoms with Crippen molar-refractivity contribution in [1.82, 2.24) is 5.32 Å². The molecule has 0 aliphatic carbocycles. The Bertz CT molecular complexity index is 389. The first-order valence-corrected chi connectivity index (χ1v) is 5.98. The van der Waals surface area contributed by atoms with Gasteiger partial charge >= 0.3 is 0 Å². The fourth-order valence-corrected chi connectivity index (χ4v) is 2.11. The fourth-order valence-electron chi connectivity index (χ4n) is 2.11. The number of nitrogens with one attached hydrogen (secondary N) is 2. The summed E-state index contributed by atoms with van der Waals surface area (Å²) in [5, 5.41) is 17.4. The summed E-state index contributed by atoms with van der Waals surface area (Å²) in [5.41, 5.74) is 0.744. The van der Waals surface area contributed by atoms with Crippen molar-refractivity contribution >= 4 is 11.4 Å². The minimum atomic E-state index is -0.351. The van der Waals surface area contributed by atoms with Gasteiger partial charge in [-0.05, 0) is 25.5 Å². The van der Waals surface area contributed by atoms with Crippen LogP contribution in [0.4, 0.5) is 11.4 Å². The van der Waals surface area contributed by atoms with Gasteiger partial charge in [-0.2, -0.15) is 0 Å². The third kappa shape index (κ3) is 3.17. The number of anilines is 1. The number of rotatable bonds is 4. The summed E-state index contributed by atoms with van der Waals surface area (Å²) >= 11 is 0. The summed E-state index contributed by atoms with van der Waals surface area (Å²) in [5.74, 6) is 0. The van der Waals surface area contributed by atoms with Gasteiger partial charge in [0.2, 0.25) is 0 Å². The highest BCUT2D eigenvalue weighted by Gasteiger charge is 2.15. The maximum atomic E-state index is 10.8. The van der Waals surface area contributed by atoms with E-state index in [9.17, 15) is 10.1 Å². The smallest absolute Gasteiger partial charge is 0.292 e. The molecule has 1 atom stereocenters. The van der Waals surface area contributed by atoms with Gasteiger partial charge in [0.25, 0.3) is 5.69 Å². The number of hydrogen-bond donors (Lipinski definition) is 2. The number of benzene rings is 1. The molecule has 1 aliphatic rings. The maximum Gasteiger partial charge on any atom is 0.292 e. The number of para-hydroxylation sites is 2. The molecule has 0 bridgehead atoms. The van der Waals surface area contributed by atoms with Gasteiger partial charge in [0.05, 0.1) is 4.92 Å². The number of piperidine rings is 1. The van der Waals surface area contributed by atoms with Gasteiger partial charge in [-0.1, -0.05) is 18.6 Å². The van der Waals surface area contributed by atoms with E-state index in [1.807, 2.05) is 6.07 Å². The Balaban J connectivity index is 1.96. The monoisotopic (exact) mass is 235 g/mol. The summed E-state index contributed by atoms with van der Waals surface area (Å²) in [4.78, 5) is 10.5. The van der Waals surface area contributed by atoms with Gasteiger partial charge in [0.1, 0.15) is 5.69 Å². The Morgan fingerprint density at radius 2 is 2.24 bits per heavy atom. The predicted octanol–water partition coefficient (Wildman–Crippen LogP) is 2.15. The Hall–Kier alpha value is -1.62. The normalized spacial score (nSPS) is 19.9. The predicted molar refractivity (Wildman–Crippen MR) is 67.2 cm³/mol. The highest BCUT2D eigenvalue weighted by molar-refractivity contribution is 5.61. The van der Waals surface area contributed by atoms with Crippen molar-refractivity contribution in [3.8, 4) is 0 Å². The van der Waals surface area contributed by atoms with Crippen LogP contribution in [0.3, 0.4) is 0 Å². The van der Waals surface area contributed by atoms with E-state index in [2.05, 4.69) is 10.6 Å². The van der Waals surface area contributed by atoms with Crippen molar-refractivity contribution in [3.63, 3.8) is 0 Å². The molecule has 1 unspecified atom stereocenters. The van der Waals surface area contributed by atoms with Crippen LogP contribution in [-0.4, -0.2) is 24.1 Å². The molecule has 0 aromatic heterocycles. The van der Waals surface area contributed by atoms with Crippen LogP contribution in [0.1, 0.15) is 19.3 Å². The first kappa shape index (κ1) is 11.9. The van der Waals surface area contributed by atoms with E-state index in [1.54, 1.807) is 12.1 Å². The minimum Gasteiger partial charge on any atom is -0.378 e. The molecule has 5 nitrogen and oxygen atoms in total. The average Bonchev–Trinajstić information content (AvgIpc) is 2.38. The van der Waals surface area contributed by atoms with Crippen LogP contribution in [0, 0.1) is 10.1 Å². The van der Waals surface area contributed by atoms with Gasteiger partial charge < -0.3 is 10.6 Å². The molecule has 17 heavy (non-hydrogen) atoms. The molecule has 0 spiro atoms. The van der Waals surface area contributed by atoms with E-state index in [-0.39, 0.29) is 10.6 Å². The molecule has 5 heteroatoms. The zero-order valence-electron chi connectivity index (χ0n) is 9.69. The molecule has 1 saturated heterocycles. The standard InChI is InChI=1S/C12H17N3O2/c16-15(17)12-7-2-1-6-11(12)14-9-10-5-3-4-8-13-10/h1-2,6-7,10,13-14H,3-5,8-9H2. The molecule has 0 saturated carbocycles. The van der Waals surface area contributed by atoms with Crippen molar-refractivity contribution < 1.29 is 4.92 Å². The Morgan fingerprint density at radius 1 is 1.41 bits per heavy atom. The highest BCUT2D eigenvalue weighted by Crippen LogP contribution is 2.23. The van der Waals surface area contributed by atoms with E-state index in [4.69, 9.17) is 0 Å². The summed E-state index contributed by atoms with van der Waals surface area (Å²) in [7, 11) is 0. The molecule has 0 amide bonds. The van der Waals surface area contributed by atoms with Gasteiger partial charge in [-0.15, -0.1) is 0 Å². The van der Waals surface area contributed by atoms with Crippen molar-refractivity contribution in [2.45, 2.75) is 25.3 Å². The number of nitrogens with zero attached hydrogens (tertiary/aromatic N) is 1. The van der Waals surface area contributed by atoms with Crippen LogP contribution in [0.5, 0.6) is 0 Å². The summed E-state index contributed by atoms with van der Waals surface area (Å²) in [6.07, 6.45) is 3.59. The van der Waals surface area contributed by atoms with E-state index in [0.717, 1.165) is 19.5 Å². The van der Waals surface area contributed by atoms with Gasteiger partial charge in [0.15, 0.2) is 0 Å². The number of nitro benzene ring substituents is 1. The molecule has 0 radical (unpaired) electrons. The van der Waals surface area contributed by atoms with Crippen LogP contribution >= 0.6 is 0 Å². The summed E-state index contributed by atoms with van der Waals surface area (Å²) in [6.45, 7) is 1.79. The van der Waals surface area contributed by atoms with E-state index in [0.29, 0.717) is 11.7 Å². The van der Waals surface area contributed by atoms with Crippen LogP contribution < -0.4 is 10.6 Å². The van der Waals surface area contributed by atoms with Gasteiger partial charge in [0, 0.05) is 18.7 Å². The summed E-state index contributed by atoms with van der Waals surface area (Å²) < 4.78 is 0. The van der Waals surface area contributed by atoms with E-state index in [1.165, 1.54) is 18.9 Å². The van der Waals surface area contributed by atoms with Crippen LogP contribution in [-0.2, 0) is 0 Å². The van der Waals surface area contributed by atoms with Crippen molar-refractivity contribution in [2.24, 2.45) is 0 Å². The molecule has 2 N–H and O–H groups in total. The molecule has 1 aromatic carbocycles. The average molecular weight is 235 g/mol. The SMILES string of the molecule is O=[N+]([O-])c1ccccc1NCC1CCCCN1. The third-order valence-corrected chi connectivity index (χ3v) is 3.05. The Kier molecular flexibility index (Phi) is 3.93. The molecule has 1 fully saturated rings. The zero-order valence-corrected chi connectivity index (χ0v) is 9.69. The minimum absolute atomic E-state index is 0.142. The topological polar surface area (TPSA) is 67.2 Å². The Morgan fingerprint density at radius 3 is 2.94 bits per heavy atom. The Labute approximate surface area is 100 Å². The first-order chi connectivity index (χ1) is 8.27. The van der Waals surface area contributed by atoms with Crippen LogP contribution in [0.15, 0.2) is 24.3 Å². The summed E-state index contributed by atoms with van der Waals surface area (Å²) in [6, 6.07) is 7.19. The molecule has 1 heterocycles. The van der Waals surface area contributed by atoms with Crippen LogP contribution in [0.2, 0.25) is 0 Å². The largest absolute Gasteiger partial charge is 0.378 e. The lowest BCUT2D eigenvalue weighted by Crippen LogP contribution is -2.39. The van der Waals surface area contributed by atoms with Crippen molar-refractivity contribution in [2.75, 3.05) is 18.4 Å². The second kappa shape index (κ2) is 5.63. The lowest BCUT2D eigenvalue weighted by Gasteiger charge is -2.23.